The van der Waals surface area contributed by atoms with E-state index in [1.807, 2.05) is 14.0 Å². The molecule has 3 heterocycles. The first-order valence-electron chi connectivity index (χ1n) is 9.25. The first-order chi connectivity index (χ1) is 13.0. The van der Waals surface area contributed by atoms with Crippen molar-refractivity contribution < 1.29 is 4.39 Å². The lowest BCUT2D eigenvalue weighted by Gasteiger charge is -2.61. The van der Waals surface area contributed by atoms with Crippen LogP contribution in [0.1, 0.15) is 18.7 Å². The van der Waals surface area contributed by atoms with E-state index in [9.17, 15) is 4.39 Å². The number of benzene rings is 1. The third-order valence-corrected chi connectivity index (χ3v) is 6.68. The largest absolute Gasteiger partial charge is 0.386 e. The molecule has 27 heavy (non-hydrogen) atoms. The summed E-state index contributed by atoms with van der Waals surface area (Å²) in [6, 6.07) is 1.97. The van der Waals surface area contributed by atoms with Crippen molar-refractivity contribution in [1.82, 2.24) is 20.3 Å². The molecule has 1 aliphatic carbocycles. The number of aryl methyl sites for hydroxylation is 1. The van der Waals surface area contributed by atoms with Crippen molar-refractivity contribution in [3.05, 3.63) is 22.7 Å². The summed E-state index contributed by atoms with van der Waals surface area (Å²) in [4.78, 5) is 14.9. The summed E-state index contributed by atoms with van der Waals surface area (Å²) in [5.74, 6) is 1.08. The molecule has 0 radical (unpaired) electrons. The van der Waals surface area contributed by atoms with Crippen molar-refractivity contribution >= 4 is 45.0 Å². The van der Waals surface area contributed by atoms with Crippen LogP contribution < -0.4 is 15.5 Å². The van der Waals surface area contributed by atoms with E-state index in [0.29, 0.717) is 34.0 Å². The van der Waals surface area contributed by atoms with Crippen LogP contribution in [-0.4, -0.2) is 48.2 Å². The van der Waals surface area contributed by atoms with E-state index < -0.39 is 5.82 Å². The van der Waals surface area contributed by atoms with Gasteiger partial charge in [-0.15, -0.1) is 0 Å². The van der Waals surface area contributed by atoms with Gasteiger partial charge < -0.3 is 20.5 Å². The predicted molar refractivity (Wildman–Crippen MR) is 107 cm³/mol. The SMILES string of the molecule is CNc1cc(F)c(Cl)c2c1[nH]c1nc(C)nc(N3CC4(CCC4NC)C3)c12. The maximum absolute atomic E-state index is 14.4. The minimum Gasteiger partial charge on any atom is -0.386 e. The molecule has 3 aromatic rings. The zero-order valence-corrected chi connectivity index (χ0v) is 16.3. The summed E-state index contributed by atoms with van der Waals surface area (Å²) in [5, 5.41) is 8.01. The Kier molecular flexibility index (Phi) is 3.58. The Morgan fingerprint density at radius 1 is 1.30 bits per heavy atom. The number of nitrogens with one attached hydrogen (secondary N) is 3. The Labute approximate surface area is 161 Å². The van der Waals surface area contributed by atoms with Crippen molar-refractivity contribution in [2.75, 3.05) is 37.4 Å². The molecule has 1 aromatic carbocycles. The van der Waals surface area contributed by atoms with Crippen molar-refractivity contribution in [2.45, 2.75) is 25.8 Å². The summed E-state index contributed by atoms with van der Waals surface area (Å²) in [6.07, 6.45) is 2.45. The smallest absolute Gasteiger partial charge is 0.144 e. The quantitative estimate of drug-likeness (QED) is 0.641. The molecule has 1 unspecified atom stereocenters. The molecule has 6 nitrogen and oxygen atoms in total. The average molecular weight is 389 g/mol. The molecule has 2 aliphatic rings. The van der Waals surface area contributed by atoms with E-state index in [4.69, 9.17) is 16.6 Å². The third kappa shape index (κ3) is 2.21. The standard InChI is InChI=1S/C19H22ClFN6/c1-9-24-17-14(13-15(20)10(21)6-11(22-2)16(13)26-17)18(25-9)27-7-19(8-27)5-4-12(19)23-3/h6,12,22-23H,4-5,7-8H2,1-3H3,(H,24,25,26). The molecule has 1 atom stereocenters. The van der Waals surface area contributed by atoms with Gasteiger partial charge in [-0.1, -0.05) is 11.6 Å². The number of halogens is 2. The Bertz CT molecular complexity index is 1070. The van der Waals surface area contributed by atoms with Gasteiger partial charge in [0.15, 0.2) is 0 Å². The summed E-state index contributed by atoms with van der Waals surface area (Å²) >= 11 is 6.39. The van der Waals surface area contributed by atoms with E-state index in [1.165, 1.54) is 18.9 Å². The topological polar surface area (TPSA) is 68.9 Å². The highest BCUT2D eigenvalue weighted by atomic mass is 35.5. The number of rotatable bonds is 3. The third-order valence-electron chi connectivity index (χ3n) is 6.31. The van der Waals surface area contributed by atoms with E-state index in [1.54, 1.807) is 7.05 Å². The maximum Gasteiger partial charge on any atom is 0.144 e. The van der Waals surface area contributed by atoms with Gasteiger partial charge >= 0.3 is 0 Å². The highest BCUT2D eigenvalue weighted by Gasteiger charge is 2.54. The molecule has 1 saturated carbocycles. The van der Waals surface area contributed by atoms with Gasteiger partial charge in [-0.2, -0.15) is 0 Å². The van der Waals surface area contributed by atoms with E-state index in [0.717, 1.165) is 29.8 Å². The second-order valence-electron chi connectivity index (χ2n) is 7.76. The first-order valence-corrected chi connectivity index (χ1v) is 9.63. The van der Waals surface area contributed by atoms with Gasteiger partial charge in [0.25, 0.3) is 0 Å². The fourth-order valence-corrected chi connectivity index (χ4v) is 5.05. The highest BCUT2D eigenvalue weighted by Crippen LogP contribution is 2.51. The fourth-order valence-electron chi connectivity index (χ4n) is 4.80. The van der Waals surface area contributed by atoms with E-state index >= 15 is 0 Å². The molecule has 0 amide bonds. The van der Waals surface area contributed by atoms with Crippen LogP contribution in [0, 0.1) is 18.2 Å². The summed E-state index contributed by atoms with van der Waals surface area (Å²) in [7, 11) is 3.79. The average Bonchev–Trinajstić information content (AvgIpc) is 2.95. The van der Waals surface area contributed by atoms with Crippen LogP contribution in [0.25, 0.3) is 21.9 Å². The van der Waals surface area contributed by atoms with Gasteiger partial charge in [-0.25, -0.2) is 14.4 Å². The van der Waals surface area contributed by atoms with Crippen LogP contribution in [0.4, 0.5) is 15.9 Å². The van der Waals surface area contributed by atoms with E-state index in [-0.39, 0.29) is 5.02 Å². The minimum absolute atomic E-state index is 0.107. The number of aromatic nitrogens is 3. The minimum atomic E-state index is -0.449. The number of H-pyrrole nitrogens is 1. The molecular weight excluding hydrogens is 367 g/mol. The number of anilines is 2. The number of hydrogen-bond acceptors (Lipinski definition) is 5. The van der Waals surface area contributed by atoms with Gasteiger partial charge in [0.05, 0.1) is 21.6 Å². The van der Waals surface area contributed by atoms with E-state index in [2.05, 4.69) is 25.5 Å². The van der Waals surface area contributed by atoms with Crippen LogP contribution >= 0.6 is 11.6 Å². The van der Waals surface area contributed by atoms with Crippen molar-refractivity contribution in [2.24, 2.45) is 5.41 Å². The Hall–Kier alpha value is -2.12. The second kappa shape index (κ2) is 5.69. The molecule has 1 aliphatic heterocycles. The number of nitrogens with zero attached hydrogens (tertiary/aromatic N) is 3. The molecule has 8 heteroatoms. The van der Waals surface area contributed by atoms with Crippen molar-refractivity contribution in [1.29, 1.82) is 0 Å². The Morgan fingerprint density at radius 2 is 2.07 bits per heavy atom. The van der Waals surface area contributed by atoms with Crippen molar-refractivity contribution in [3.8, 4) is 0 Å². The summed E-state index contributed by atoms with van der Waals surface area (Å²) in [5.41, 5.74) is 2.43. The van der Waals surface area contributed by atoms with Gasteiger partial charge in [0.2, 0.25) is 0 Å². The van der Waals surface area contributed by atoms with Crippen LogP contribution in [0.5, 0.6) is 0 Å². The number of aromatic amines is 1. The van der Waals surface area contributed by atoms with Gasteiger partial charge in [-0.3, -0.25) is 0 Å². The monoisotopic (exact) mass is 388 g/mol. The predicted octanol–water partition coefficient (Wildman–Crippen LogP) is 3.44. The van der Waals surface area contributed by atoms with Gasteiger partial charge in [0, 0.05) is 43.0 Å². The number of hydrogen-bond donors (Lipinski definition) is 3. The highest BCUT2D eigenvalue weighted by molar-refractivity contribution is 6.39. The molecule has 1 saturated heterocycles. The molecule has 2 aromatic heterocycles. The van der Waals surface area contributed by atoms with Crippen LogP contribution in [0.2, 0.25) is 5.02 Å². The Balaban J connectivity index is 1.70. The molecule has 0 bridgehead atoms. The van der Waals surface area contributed by atoms with Gasteiger partial charge in [0.1, 0.15) is 23.1 Å². The summed E-state index contributed by atoms with van der Waals surface area (Å²) < 4.78 is 14.4. The molecular formula is C19H22ClFN6. The lowest BCUT2D eigenvalue weighted by atomic mass is 9.59. The molecule has 2 fully saturated rings. The van der Waals surface area contributed by atoms with Crippen LogP contribution in [0.15, 0.2) is 6.07 Å². The fraction of sp³-hybridized carbons (Fsp3) is 0.474. The maximum atomic E-state index is 14.4. The zero-order chi connectivity index (χ0) is 18.9. The molecule has 3 N–H and O–H groups in total. The zero-order valence-electron chi connectivity index (χ0n) is 15.6. The number of fused-ring (bicyclic) bond motifs is 3. The van der Waals surface area contributed by atoms with Crippen LogP contribution in [0.3, 0.4) is 0 Å². The Morgan fingerprint density at radius 3 is 2.70 bits per heavy atom. The van der Waals surface area contributed by atoms with Gasteiger partial charge in [-0.05, 0) is 26.8 Å². The van der Waals surface area contributed by atoms with Crippen molar-refractivity contribution in [3.63, 3.8) is 0 Å². The van der Waals surface area contributed by atoms with Crippen LogP contribution in [-0.2, 0) is 0 Å². The molecule has 142 valence electrons. The normalized spacial score (nSPS) is 20.9. The first kappa shape index (κ1) is 17.0. The lowest BCUT2D eigenvalue weighted by Crippen LogP contribution is -2.70. The summed E-state index contributed by atoms with van der Waals surface area (Å²) in [6.45, 7) is 3.77. The second-order valence-corrected chi connectivity index (χ2v) is 8.14. The molecule has 5 rings (SSSR count). The molecule has 1 spiro atoms. The lowest BCUT2D eigenvalue weighted by molar-refractivity contribution is 0.0368.